The van der Waals surface area contributed by atoms with Crippen LogP contribution in [0.4, 0.5) is 0 Å². The molecule has 1 aliphatic rings. The third-order valence-electron chi connectivity index (χ3n) is 2.32. The van der Waals surface area contributed by atoms with Gasteiger partial charge in [-0.2, -0.15) is 0 Å². The van der Waals surface area contributed by atoms with Crippen molar-refractivity contribution in [3.05, 3.63) is 0 Å². The van der Waals surface area contributed by atoms with Gasteiger partial charge in [-0.3, -0.25) is 19.3 Å². The lowest BCUT2D eigenvalue weighted by Crippen LogP contribution is -2.39. The molecule has 0 aromatic carbocycles. The van der Waals surface area contributed by atoms with Crippen LogP contribution in [-0.4, -0.2) is 27.9 Å². The van der Waals surface area contributed by atoms with E-state index in [2.05, 4.69) is 12.6 Å². The molecular formula is C9H13NO3S. The van der Waals surface area contributed by atoms with Gasteiger partial charge in [-0.05, 0) is 6.92 Å². The van der Waals surface area contributed by atoms with Crippen molar-refractivity contribution in [3.8, 4) is 0 Å². The second-order valence-corrected chi connectivity index (χ2v) is 4.15. The molecule has 0 aromatic rings. The molecule has 0 aromatic heterocycles. The molecule has 78 valence electrons. The summed E-state index contributed by atoms with van der Waals surface area (Å²) in [5, 5.41) is -0.308. The summed E-state index contributed by atoms with van der Waals surface area (Å²) in [6, 6.07) is -0.370. The van der Waals surface area contributed by atoms with Crippen LogP contribution in [0.2, 0.25) is 0 Å². The highest BCUT2D eigenvalue weighted by atomic mass is 32.1. The highest BCUT2D eigenvalue weighted by Gasteiger charge is 2.38. The van der Waals surface area contributed by atoms with Crippen molar-refractivity contribution in [3.63, 3.8) is 0 Å². The number of likely N-dealkylation sites (tertiary alicyclic amines) is 1. The fourth-order valence-electron chi connectivity index (χ4n) is 1.61. The largest absolute Gasteiger partial charge is 0.287 e. The van der Waals surface area contributed by atoms with Crippen molar-refractivity contribution in [2.75, 3.05) is 0 Å². The van der Waals surface area contributed by atoms with Crippen LogP contribution in [0.25, 0.3) is 0 Å². The Bertz CT molecular complexity index is 290. The minimum Gasteiger partial charge on any atom is -0.287 e. The second kappa shape index (κ2) is 4.13. The SMILES string of the molecule is CC1CC(=O)N(C(C)CC(=O)S)C1=O. The first-order valence-corrected chi connectivity index (χ1v) is 4.96. The third kappa shape index (κ3) is 2.15. The summed E-state index contributed by atoms with van der Waals surface area (Å²) in [5.41, 5.74) is 0. The molecule has 0 N–H and O–H groups in total. The first-order valence-electron chi connectivity index (χ1n) is 4.51. The number of hydrogen-bond acceptors (Lipinski definition) is 3. The van der Waals surface area contributed by atoms with Crippen LogP contribution in [0.3, 0.4) is 0 Å². The third-order valence-corrected chi connectivity index (χ3v) is 2.50. The van der Waals surface area contributed by atoms with E-state index in [0.29, 0.717) is 0 Å². The molecule has 1 heterocycles. The maximum atomic E-state index is 11.5. The fraction of sp³-hybridized carbons (Fsp3) is 0.667. The molecule has 1 fully saturated rings. The van der Waals surface area contributed by atoms with Gasteiger partial charge in [0.2, 0.25) is 11.8 Å². The molecule has 4 nitrogen and oxygen atoms in total. The van der Waals surface area contributed by atoms with Gasteiger partial charge >= 0.3 is 0 Å². The van der Waals surface area contributed by atoms with Gasteiger partial charge in [-0.15, -0.1) is 12.6 Å². The Hall–Kier alpha value is -0.840. The number of thiol groups is 1. The molecule has 1 aliphatic heterocycles. The molecule has 2 atom stereocenters. The van der Waals surface area contributed by atoms with Crippen LogP contribution in [0, 0.1) is 5.92 Å². The Morgan fingerprint density at radius 1 is 1.64 bits per heavy atom. The van der Waals surface area contributed by atoms with Gasteiger partial charge < -0.3 is 0 Å². The van der Waals surface area contributed by atoms with E-state index in [9.17, 15) is 14.4 Å². The summed E-state index contributed by atoms with van der Waals surface area (Å²) in [4.78, 5) is 34.8. The van der Waals surface area contributed by atoms with Gasteiger partial charge in [0.1, 0.15) is 0 Å². The lowest BCUT2D eigenvalue weighted by molar-refractivity contribution is -0.141. The average Bonchev–Trinajstić information content (AvgIpc) is 2.25. The van der Waals surface area contributed by atoms with E-state index < -0.39 is 0 Å². The first kappa shape index (κ1) is 11.2. The Labute approximate surface area is 88.1 Å². The van der Waals surface area contributed by atoms with Crippen molar-refractivity contribution in [2.45, 2.75) is 32.7 Å². The molecule has 14 heavy (non-hydrogen) atoms. The highest BCUT2D eigenvalue weighted by molar-refractivity contribution is 7.96. The van der Waals surface area contributed by atoms with Crippen LogP contribution in [-0.2, 0) is 14.4 Å². The lowest BCUT2D eigenvalue weighted by atomic mass is 10.1. The summed E-state index contributed by atoms with van der Waals surface area (Å²) < 4.78 is 0. The van der Waals surface area contributed by atoms with E-state index in [1.54, 1.807) is 13.8 Å². The maximum absolute atomic E-state index is 11.5. The van der Waals surface area contributed by atoms with Crippen molar-refractivity contribution < 1.29 is 14.4 Å². The van der Waals surface area contributed by atoms with Crippen molar-refractivity contribution >= 4 is 29.6 Å². The van der Waals surface area contributed by atoms with Gasteiger partial charge in [-0.1, -0.05) is 6.92 Å². The Morgan fingerprint density at radius 2 is 2.21 bits per heavy atom. The number of rotatable bonds is 3. The summed E-state index contributed by atoms with van der Waals surface area (Å²) >= 11 is 3.62. The Kier molecular flexibility index (Phi) is 3.31. The zero-order valence-corrected chi connectivity index (χ0v) is 9.08. The molecule has 1 saturated heterocycles. The smallest absolute Gasteiger partial charge is 0.232 e. The Balaban J connectivity index is 2.72. The van der Waals surface area contributed by atoms with E-state index in [1.807, 2.05) is 0 Å². The molecule has 1 rings (SSSR count). The molecule has 0 aliphatic carbocycles. The summed E-state index contributed by atoms with van der Waals surface area (Å²) in [5.74, 6) is -0.623. The van der Waals surface area contributed by atoms with Crippen LogP contribution in [0.1, 0.15) is 26.7 Å². The minimum absolute atomic E-state index is 0.118. The van der Waals surface area contributed by atoms with Crippen molar-refractivity contribution in [1.29, 1.82) is 0 Å². The summed E-state index contributed by atoms with van der Waals surface area (Å²) in [7, 11) is 0. The van der Waals surface area contributed by atoms with E-state index in [-0.39, 0.29) is 41.7 Å². The monoisotopic (exact) mass is 215 g/mol. The molecule has 5 heteroatoms. The highest BCUT2D eigenvalue weighted by Crippen LogP contribution is 2.22. The molecule has 2 amide bonds. The molecule has 0 bridgehead atoms. The number of carbonyl (C=O) groups excluding carboxylic acids is 3. The minimum atomic E-state index is -0.370. The van der Waals surface area contributed by atoms with Crippen molar-refractivity contribution in [2.24, 2.45) is 5.92 Å². The number of nitrogens with zero attached hydrogens (tertiary/aromatic N) is 1. The van der Waals surface area contributed by atoms with E-state index in [0.717, 1.165) is 0 Å². The number of carbonyl (C=O) groups is 3. The van der Waals surface area contributed by atoms with Gasteiger partial charge in [0, 0.05) is 24.8 Å². The average molecular weight is 215 g/mol. The van der Waals surface area contributed by atoms with E-state index in [4.69, 9.17) is 0 Å². The zero-order valence-electron chi connectivity index (χ0n) is 8.19. The number of amides is 2. The van der Waals surface area contributed by atoms with Crippen LogP contribution in [0.15, 0.2) is 0 Å². The molecule has 0 radical (unpaired) electrons. The molecule has 2 unspecified atom stereocenters. The normalized spacial score (nSPS) is 24.2. The van der Waals surface area contributed by atoms with Gasteiger partial charge in [0.15, 0.2) is 5.12 Å². The van der Waals surface area contributed by atoms with Gasteiger partial charge in [-0.25, -0.2) is 0 Å². The molecular weight excluding hydrogens is 202 g/mol. The van der Waals surface area contributed by atoms with Crippen LogP contribution >= 0.6 is 12.6 Å². The van der Waals surface area contributed by atoms with Crippen LogP contribution < -0.4 is 0 Å². The first-order chi connectivity index (χ1) is 6.43. The van der Waals surface area contributed by atoms with E-state index >= 15 is 0 Å². The standard InChI is InChI=1S/C9H13NO3S/c1-5-3-7(11)10(9(5)13)6(2)4-8(12)14/h5-6H,3-4H2,1-2H3,(H,12,14). The molecule has 0 saturated carbocycles. The molecule has 0 spiro atoms. The Morgan fingerprint density at radius 3 is 2.57 bits per heavy atom. The van der Waals surface area contributed by atoms with Crippen molar-refractivity contribution in [1.82, 2.24) is 4.90 Å². The number of hydrogen-bond donors (Lipinski definition) is 1. The van der Waals surface area contributed by atoms with E-state index in [1.165, 1.54) is 4.90 Å². The second-order valence-electron chi connectivity index (χ2n) is 3.65. The predicted molar refractivity (Wildman–Crippen MR) is 53.7 cm³/mol. The zero-order chi connectivity index (χ0) is 10.9. The van der Waals surface area contributed by atoms with Crippen LogP contribution in [0.5, 0.6) is 0 Å². The quantitative estimate of drug-likeness (QED) is 0.554. The summed E-state index contributed by atoms with van der Waals surface area (Å²) in [6.07, 6.45) is 0.372. The topological polar surface area (TPSA) is 54.5 Å². The fourth-order valence-corrected chi connectivity index (χ4v) is 1.88. The van der Waals surface area contributed by atoms with Gasteiger partial charge in [0.25, 0.3) is 0 Å². The summed E-state index contributed by atoms with van der Waals surface area (Å²) in [6.45, 7) is 3.40. The predicted octanol–water partition coefficient (Wildman–Crippen LogP) is 0.616. The lowest BCUT2D eigenvalue weighted by Gasteiger charge is -2.21. The van der Waals surface area contributed by atoms with Gasteiger partial charge in [0.05, 0.1) is 0 Å². The number of imide groups is 1. The maximum Gasteiger partial charge on any atom is 0.232 e.